The maximum Gasteiger partial charge on any atom is 0.122 e. The largest absolute Gasteiger partial charge is 0.493 e. The Morgan fingerprint density at radius 2 is 1.48 bits per heavy atom. The Morgan fingerprint density at radius 1 is 0.793 bits per heavy atom. The van der Waals surface area contributed by atoms with E-state index in [0.717, 1.165) is 18.8 Å². The molecule has 1 saturated carbocycles. The van der Waals surface area contributed by atoms with Gasteiger partial charge in [0.1, 0.15) is 5.75 Å². The van der Waals surface area contributed by atoms with E-state index >= 15 is 0 Å². The molecule has 1 aliphatic carbocycles. The SMILES string of the molecule is CCCCCCCCCC1(CCc2ccc(OCCCC)c(C)c2)CCCCC1. The second-order valence-electron chi connectivity index (χ2n) is 9.73. The molecule has 1 heteroatoms. The number of aryl methyl sites for hydroxylation is 2. The quantitative estimate of drug-likeness (QED) is 0.267. The first-order chi connectivity index (χ1) is 14.2. The highest BCUT2D eigenvalue weighted by Gasteiger charge is 2.30. The van der Waals surface area contributed by atoms with E-state index < -0.39 is 0 Å². The maximum absolute atomic E-state index is 5.95. The molecule has 0 spiro atoms. The zero-order valence-corrected chi connectivity index (χ0v) is 19.9. The van der Waals surface area contributed by atoms with Crippen LogP contribution >= 0.6 is 0 Å². The van der Waals surface area contributed by atoms with Crippen molar-refractivity contribution in [3.8, 4) is 5.75 Å². The lowest BCUT2D eigenvalue weighted by Gasteiger charge is -2.38. The van der Waals surface area contributed by atoms with Gasteiger partial charge < -0.3 is 4.74 Å². The maximum atomic E-state index is 5.95. The lowest BCUT2D eigenvalue weighted by atomic mass is 9.68. The van der Waals surface area contributed by atoms with Crippen molar-refractivity contribution in [2.24, 2.45) is 5.41 Å². The molecule has 2 rings (SSSR count). The molecule has 166 valence electrons. The Balaban J connectivity index is 1.81. The van der Waals surface area contributed by atoms with Gasteiger partial charge >= 0.3 is 0 Å². The first-order valence-electron chi connectivity index (χ1n) is 12.9. The molecular weight excluding hydrogens is 352 g/mol. The molecule has 0 aromatic heterocycles. The van der Waals surface area contributed by atoms with Crippen molar-refractivity contribution in [3.63, 3.8) is 0 Å². The Bertz CT molecular complexity index is 541. The molecule has 0 saturated heterocycles. The predicted molar refractivity (Wildman–Crippen MR) is 128 cm³/mol. The van der Waals surface area contributed by atoms with Crippen molar-refractivity contribution in [2.45, 2.75) is 130 Å². The minimum atomic E-state index is 0.631. The molecule has 29 heavy (non-hydrogen) atoms. The van der Waals surface area contributed by atoms with Crippen LogP contribution < -0.4 is 4.74 Å². The van der Waals surface area contributed by atoms with Gasteiger partial charge in [0.25, 0.3) is 0 Å². The topological polar surface area (TPSA) is 9.23 Å². The Morgan fingerprint density at radius 3 is 2.17 bits per heavy atom. The summed E-state index contributed by atoms with van der Waals surface area (Å²) in [5, 5.41) is 0. The van der Waals surface area contributed by atoms with Gasteiger partial charge in [-0.05, 0) is 68.1 Å². The summed E-state index contributed by atoms with van der Waals surface area (Å²) in [5.41, 5.74) is 3.45. The summed E-state index contributed by atoms with van der Waals surface area (Å²) in [7, 11) is 0. The smallest absolute Gasteiger partial charge is 0.122 e. The molecule has 1 aliphatic rings. The van der Waals surface area contributed by atoms with E-state index in [2.05, 4.69) is 39.0 Å². The van der Waals surface area contributed by atoms with Crippen molar-refractivity contribution in [3.05, 3.63) is 29.3 Å². The first kappa shape index (κ1) is 24.3. The summed E-state index contributed by atoms with van der Waals surface area (Å²) in [5.74, 6) is 1.08. The van der Waals surface area contributed by atoms with Gasteiger partial charge in [-0.2, -0.15) is 0 Å². The molecule has 0 bridgehead atoms. The fraction of sp³-hybridized carbons (Fsp3) is 0.786. The van der Waals surface area contributed by atoms with Crippen LogP contribution in [-0.2, 0) is 6.42 Å². The third-order valence-electron chi connectivity index (χ3n) is 7.16. The van der Waals surface area contributed by atoms with Gasteiger partial charge in [-0.25, -0.2) is 0 Å². The molecule has 1 aromatic carbocycles. The second-order valence-corrected chi connectivity index (χ2v) is 9.73. The van der Waals surface area contributed by atoms with Crippen molar-refractivity contribution in [1.82, 2.24) is 0 Å². The standard InChI is InChI=1S/C28H48O/c1-4-6-8-9-10-11-13-19-28(20-14-12-15-21-28)22-18-26-16-17-27(25(3)24-26)29-23-7-5-2/h16-17,24H,4-15,18-23H2,1-3H3. The van der Waals surface area contributed by atoms with Crippen LogP contribution in [0.15, 0.2) is 18.2 Å². The van der Waals surface area contributed by atoms with Crippen LogP contribution in [0.4, 0.5) is 0 Å². The highest BCUT2D eigenvalue weighted by molar-refractivity contribution is 5.36. The zero-order chi connectivity index (χ0) is 20.8. The van der Waals surface area contributed by atoms with Gasteiger partial charge in [0.05, 0.1) is 6.61 Å². The number of rotatable bonds is 15. The highest BCUT2D eigenvalue weighted by atomic mass is 16.5. The van der Waals surface area contributed by atoms with Crippen molar-refractivity contribution < 1.29 is 4.74 Å². The first-order valence-corrected chi connectivity index (χ1v) is 12.9. The van der Waals surface area contributed by atoms with Gasteiger partial charge in [-0.15, -0.1) is 0 Å². The van der Waals surface area contributed by atoms with Gasteiger partial charge in [0.2, 0.25) is 0 Å². The lowest BCUT2D eigenvalue weighted by molar-refractivity contribution is 0.152. The molecule has 1 nitrogen and oxygen atoms in total. The van der Waals surface area contributed by atoms with Crippen LogP contribution in [-0.4, -0.2) is 6.61 Å². The molecule has 1 aromatic rings. The van der Waals surface area contributed by atoms with Crippen LogP contribution in [0.25, 0.3) is 0 Å². The summed E-state index contributed by atoms with van der Waals surface area (Å²) in [4.78, 5) is 0. The van der Waals surface area contributed by atoms with Crippen molar-refractivity contribution in [1.29, 1.82) is 0 Å². The van der Waals surface area contributed by atoms with E-state index in [9.17, 15) is 0 Å². The van der Waals surface area contributed by atoms with E-state index in [1.807, 2.05) is 0 Å². The summed E-state index contributed by atoms with van der Waals surface area (Å²) < 4.78 is 5.95. The van der Waals surface area contributed by atoms with Gasteiger partial charge in [0.15, 0.2) is 0 Å². The second kappa shape index (κ2) is 14.1. The third kappa shape index (κ3) is 9.14. The number of benzene rings is 1. The highest BCUT2D eigenvalue weighted by Crippen LogP contribution is 2.44. The minimum absolute atomic E-state index is 0.631. The summed E-state index contributed by atoms with van der Waals surface area (Å²) >= 11 is 0. The summed E-state index contributed by atoms with van der Waals surface area (Å²) in [6.07, 6.45) is 23.8. The molecular formula is C28H48O. The van der Waals surface area contributed by atoms with Crippen LogP contribution in [0.5, 0.6) is 5.75 Å². The zero-order valence-electron chi connectivity index (χ0n) is 19.9. The van der Waals surface area contributed by atoms with Crippen molar-refractivity contribution >= 4 is 0 Å². The predicted octanol–water partition coefficient (Wildman–Crippen LogP) is 9.20. The molecule has 0 aliphatic heterocycles. The Hall–Kier alpha value is -0.980. The summed E-state index contributed by atoms with van der Waals surface area (Å²) in [6.45, 7) is 7.58. The van der Waals surface area contributed by atoms with Gasteiger partial charge in [-0.1, -0.05) is 96.6 Å². The number of ether oxygens (including phenoxy) is 1. The lowest BCUT2D eigenvalue weighted by Crippen LogP contribution is -2.25. The molecule has 0 unspecified atom stereocenters. The van der Waals surface area contributed by atoms with E-state index in [1.54, 1.807) is 0 Å². The van der Waals surface area contributed by atoms with Crippen LogP contribution in [0.2, 0.25) is 0 Å². The molecule has 1 fully saturated rings. The van der Waals surface area contributed by atoms with E-state index in [0.29, 0.717) is 5.41 Å². The van der Waals surface area contributed by atoms with E-state index in [4.69, 9.17) is 4.74 Å². The fourth-order valence-electron chi connectivity index (χ4n) is 5.15. The van der Waals surface area contributed by atoms with Crippen LogP contribution in [0, 0.1) is 12.3 Å². The Kier molecular flexibility index (Phi) is 11.8. The summed E-state index contributed by atoms with van der Waals surface area (Å²) in [6, 6.07) is 6.91. The van der Waals surface area contributed by atoms with Crippen molar-refractivity contribution in [2.75, 3.05) is 6.61 Å². The molecule has 0 radical (unpaired) electrons. The minimum Gasteiger partial charge on any atom is -0.493 e. The van der Waals surface area contributed by atoms with E-state index in [-0.39, 0.29) is 0 Å². The Labute approximate surface area is 182 Å². The number of unbranched alkanes of at least 4 members (excludes halogenated alkanes) is 7. The van der Waals surface area contributed by atoms with Gasteiger partial charge in [-0.3, -0.25) is 0 Å². The molecule has 0 N–H and O–H groups in total. The normalized spacial score (nSPS) is 16.1. The third-order valence-corrected chi connectivity index (χ3v) is 7.16. The van der Waals surface area contributed by atoms with E-state index in [1.165, 1.54) is 114 Å². The van der Waals surface area contributed by atoms with Crippen LogP contribution in [0.1, 0.15) is 128 Å². The van der Waals surface area contributed by atoms with Gasteiger partial charge in [0, 0.05) is 0 Å². The monoisotopic (exact) mass is 400 g/mol. The van der Waals surface area contributed by atoms with Crippen LogP contribution in [0.3, 0.4) is 0 Å². The number of hydrogen-bond donors (Lipinski definition) is 0. The fourth-order valence-corrected chi connectivity index (χ4v) is 5.15. The average Bonchev–Trinajstić information content (AvgIpc) is 2.74. The molecule has 0 atom stereocenters. The molecule has 0 heterocycles. The average molecular weight is 401 g/mol. The molecule has 0 amide bonds. The number of hydrogen-bond acceptors (Lipinski definition) is 1.